The summed E-state index contributed by atoms with van der Waals surface area (Å²) in [5.74, 6) is -0.354. The number of para-hydroxylation sites is 1. The molecule has 0 atom stereocenters. The quantitative estimate of drug-likeness (QED) is 0.767. The minimum absolute atomic E-state index is 0.0498. The first-order valence-electron chi connectivity index (χ1n) is 6.93. The molecule has 0 aromatic heterocycles. The van der Waals surface area contributed by atoms with Crippen LogP contribution in [-0.4, -0.2) is 21.2 Å². The van der Waals surface area contributed by atoms with Crippen LogP contribution in [0.5, 0.6) is 5.75 Å². The molecule has 1 N–H and O–H groups in total. The van der Waals surface area contributed by atoms with E-state index in [0.29, 0.717) is 21.2 Å². The lowest BCUT2D eigenvalue weighted by Crippen LogP contribution is -2.27. The first-order valence-corrected chi connectivity index (χ1v) is 8.50. The van der Waals surface area contributed by atoms with E-state index in [-0.39, 0.29) is 22.4 Å². The summed E-state index contributed by atoms with van der Waals surface area (Å²) in [7, 11) is 0. The predicted octanol–water partition coefficient (Wildman–Crippen LogP) is 4.94. The second-order valence-electron chi connectivity index (χ2n) is 5.08. The Kier molecular flexibility index (Phi) is 4.85. The summed E-state index contributed by atoms with van der Waals surface area (Å²) in [5, 5.41) is 10.2. The Morgan fingerprint density at radius 2 is 1.83 bits per heavy atom. The molecule has 1 aliphatic heterocycles. The number of hydrogen-bond donors (Lipinski definition) is 1. The van der Waals surface area contributed by atoms with E-state index < -0.39 is 5.91 Å². The Bertz CT molecular complexity index is 867. The number of nitrogens with zero attached hydrogens (tertiary/aromatic N) is 1. The van der Waals surface area contributed by atoms with Crippen molar-refractivity contribution < 1.29 is 14.7 Å². The molecule has 1 fully saturated rings. The lowest BCUT2D eigenvalue weighted by molar-refractivity contribution is -0.123. The number of benzene rings is 2. The highest BCUT2D eigenvalue weighted by Crippen LogP contribution is 2.35. The van der Waals surface area contributed by atoms with Gasteiger partial charge in [0.15, 0.2) is 0 Å². The topological polar surface area (TPSA) is 57.6 Å². The van der Waals surface area contributed by atoms with Gasteiger partial charge in [-0.25, -0.2) is 0 Å². The zero-order chi connectivity index (χ0) is 17.3. The number of hydrogen-bond acceptors (Lipinski definition) is 4. The normalized spacial score (nSPS) is 16.2. The highest BCUT2D eigenvalue weighted by Gasteiger charge is 2.35. The minimum atomic E-state index is -0.403. The van der Waals surface area contributed by atoms with Crippen LogP contribution in [0.25, 0.3) is 6.08 Å². The fraction of sp³-hybridized carbons (Fsp3) is 0.0588. The highest BCUT2D eigenvalue weighted by molar-refractivity contribution is 8.18. The van der Waals surface area contributed by atoms with E-state index in [0.717, 1.165) is 16.7 Å². The molecule has 0 unspecified atom stereocenters. The summed E-state index contributed by atoms with van der Waals surface area (Å²) in [4.78, 5) is 26.0. The van der Waals surface area contributed by atoms with Crippen LogP contribution in [0.4, 0.5) is 4.79 Å². The average molecular weight is 380 g/mol. The number of rotatable bonds is 3. The van der Waals surface area contributed by atoms with E-state index in [9.17, 15) is 14.7 Å². The molecule has 1 heterocycles. The molecule has 2 aromatic rings. The molecule has 4 nitrogen and oxygen atoms in total. The number of carbonyl (C=O) groups is 2. The molecule has 7 heteroatoms. The summed E-state index contributed by atoms with van der Waals surface area (Å²) in [6.07, 6.45) is 1.51. The Morgan fingerprint density at radius 3 is 2.54 bits per heavy atom. The van der Waals surface area contributed by atoms with Crippen molar-refractivity contribution in [3.8, 4) is 5.75 Å². The van der Waals surface area contributed by atoms with E-state index in [4.69, 9.17) is 23.2 Å². The molecule has 122 valence electrons. The van der Waals surface area contributed by atoms with Gasteiger partial charge in [-0.05, 0) is 41.6 Å². The van der Waals surface area contributed by atoms with Crippen molar-refractivity contribution in [3.05, 3.63) is 68.5 Å². The van der Waals surface area contributed by atoms with E-state index in [2.05, 4.69) is 0 Å². The number of phenolic OH excluding ortho intramolecular Hbond substituents is 1. The number of phenols is 1. The molecular formula is C17H11Cl2NO3S. The summed E-state index contributed by atoms with van der Waals surface area (Å²) in [6, 6.07) is 11.6. The molecular weight excluding hydrogens is 369 g/mol. The van der Waals surface area contributed by atoms with Gasteiger partial charge in [-0.2, -0.15) is 0 Å². The molecule has 1 aliphatic rings. The summed E-state index contributed by atoms with van der Waals surface area (Å²) in [6.45, 7) is 0.111. The van der Waals surface area contributed by atoms with Gasteiger partial charge in [0, 0.05) is 5.56 Å². The number of aromatic hydroxyl groups is 1. The predicted molar refractivity (Wildman–Crippen MR) is 96.1 cm³/mol. The van der Waals surface area contributed by atoms with E-state index in [1.165, 1.54) is 12.1 Å². The van der Waals surface area contributed by atoms with Crippen molar-refractivity contribution in [2.45, 2.75) is 6.54 Å². The van der Waals surface area contributed by atoms with Crippen molar-refractivity contribution >= 4 is 52.2 Å². The third-order valence-corrected chi connectivity index (χ3v) is 5.07. The van der Waals surface area contributed by atoms with Crippen molar-refractivity contribution in [1.29, 1.82) is 0 Å². The van der Waals surface area contributed by atoms with Crippen LogP contribution in [0, 0.1) is 0 Å². The van der Waals surface area contributed by atoms with Crippen LogP contribution in [0.2, 0.25) is 10.0 Å². The largest absolute Gasteiger partial charge is 0.507 e. The Hall–Kier alpha value is -1.95. The molecule has 0 spiro atoms. The summed E-state index contributed by atoms with van der Waals surface area (Å²) >= 11 is 12.7. The maximum Gasteiger partial charge on any atom is 0.293 e. The molecule has 2 aromatic carbocycles. The standard InChI is InChI=1S/C17H11Cl2NO3S/c18-12-6-5-10(7-13(12)19)9-20-16(22)15(24-17(20)23)8-11-3-1-2-4-14(11)21/h1-8,21H,9H2/b15-8-. The van der Waals surface area contributed by atoms with Gasteiger partial charge in [0.2, 0.25) is 0 Å². The van der Waals surface area contributed by atoms with Crippen LogP contribution in [-0.2, 0) is 11.3 Å². The number of halogens is 2. The average Bonchev–Trinajstić information content (AvgIpc) is 2.81. The van der Waals surface area contributed by atoms with E-state index >= 15 is 0 Å². The maximum absolute atomic E-state index is 12.5. The minimum Gasteiger partial charge on any atom is -0.507 e. The summed E-state index contributed by atoms with van der Waals surface area (Å²) in [5.41, 5.74) is 1.19. The Labute approximate surface area is 152 Å². The lowest BCUT2D eigenvalue weighted by atomic mass is 10.2. The van der Waals surface area contributed by atoms with Crippen LogP contribution >= 0.6 is 35.0 Å². The number of imide groups is 1. The van der Waals surface area contributed by atoms with Crippen LogP contribution in [0.1, 0.15) is 11.1 Å². The van der Waals surface area contributed by atoms with Gasteiger partial charge in [-0.1, -0.05) is 47.5 Å². The fourth-order valence-corrected chi connectivity index (χ4v) is 3.36. The zero-order valence-electron chi connectivity index (χ0n) is 12.2. The second-order valence-corrected chi connectivity index (χ2v) is 6.88. The van der Waals surface area contributed by atoms with Gasteiger partial charge in [-0.15, -0.1) is 0 Å². The Morgan fingerprint density at radius 1 is 1.08 bits per heavy atom. The van der Waals surface area contributed by atoms with Gasteiger partial charge in [0.25, 0.3) is 11.1 Å². The highest BCUT2D eigenvalue weighted by atomic mass is 35.5. The molecule has 1 saturated heterocycles. The Balaban J connectivity index is 1.84. The number of amides is 2. The van der Waals surface area contributed by atoms with Gasteiger partial charge >= 0.3 is 0 Å². The molecule has 0 saturated carbocycles. The second kappa shape index (κ2) is 6.89. The molecule has 0 bridgehead atoms. The maximum atomic E-state index is 12.5. The third kappa shape index (κ3) is 3.43. The van der Waals surface area contributed by atoms with E-state index in [1.54, 1.807) is 36.4 Å². The van der Waals surface area contributed by atoms with Crippen molar-refractivity contribution in [2.24, 2.45) is 0 Å². The molecule has 2 amide bonds. The molecule has 0 aliphatic carbocycles. The van der Waals surface area contributed by atoms with Gasteiger partial charge in [0.1, 0.15) is 5.75 Å². The first kappa shape index (κ1) is 16.9. The smallest absolute Gasteiger partial charge is 0.293 e. The molecule has 24 heavy (non-hydrogen) atoms. The van der Waals surface area contributed by atoms with Gasteiger partial charge in [0.05, 0.1) is 21.5 Å². The van der Waals surface area contributed by atoms with Crippen LogP contribution in [0.3, 0.4) is 0 Å². The van der Waals surface area contributed by atoms with Crippen LogP contribution in [0.15, 0.2) is 47.4 Å². The summed E-state index contributed by atoms with van der Waals surface area (Å²) < 4.78 is 0. The van der Waals surface area contributed by atoms with Crippen LogP contribution < -0.4 is 0 Å². The van der Waals surface area contributed by atoms with E-state index in [1.807, 2.05) is 0 Å². The van der Waals surface area contributed by atoms with Crippen molar-refractivity contribution in [3.63, 3.8) is 0 Å². The lowest BCUT2D eigenvalue weighted by Gasteiger charge is -2.12. The van der Waals surface area contributed by atoms with Crippen molar-refractivity contribution in [2.75, 3.05) is 0 Å². The zero-order valence-corrected chi connectivity index (χ0v) is 14.5. The number of thioether (sulfide) groups is 1. The first-order chi connectivity index (χ1) is 11.5. The molecule has 3 rings (SSSR count). The van der Waals surface area contributed by atoms with Gasteiger partial charge < -0.3 is 5.11 Å². The third-order valence-electron chi connectivity index (χ3n) is 3.42. The fourth-order valence-electron chi connectivity index (χ4n) is 2.21. The van der Waals surface area contributed by atoms with Gasteiger partial charge in [-0.3, -0.25) is 14.5 Å². The molecule has 0 radical (unpaired) electrons. The van der Waals surface area contributed by atoms with Crippen molar-refractivity contribution in [1.82, 2.24) is 4.90 Å². The monoisotopic (exact) mass is 379 g/mol. The number of carbonyl (C=O) groups excluding carboxylic acids is 2. The SMILES string of the molecule is O=C1S/C(=C\c2ccccc2O)C(=O)N1Cc1ccc(Cl)c(Cl)c1.